The summed E-state index contributed by atoms with van der Waals surface area (Å²) >= 11 is 0. The third-order valence-electron chi connectivity index (χ3n) is 2.98. The summed E-state index contributed by atoms with van der Waals surface area (Å²) in [6.45, 7) is 4.27. The normalized spacial score (nSPS) is 27.1. The molecular formula is C11H22N2O. The van der Waals surface area contributed by atoms with Crippen molar-refractivity contribution in [1.29, 1.82) is 0 Å². The van der Waals surface area contributed by atoms with E-state index in [2.05, 4.69) is 19.2 Å². The predicted molar refractivity (Wildman–Crippen MR) is 57.8 cm³/mol. The highest BCUT2D eigenvalue weighted by Crippen LogP contribution is 2.33. The van der Waals surface area contributed by atoms with Crippen molar-refractivity contribution in [2.24, 2.45) is 11.7 Å². The first-order chi connectivity index (χ1) is 6.69. The van der Waals surface area contributed by atoms with E-state index in [1.54, 1.807) is 0 Å². The van der Waals surface area contributed by atoms with Crippen molar-refractivity contribution in [1.82, 2.24) is 5.32 Å². The molecule has 3 heteroatoms. The lowest BCUT2D eigenvalue weighted by molar-refractivity contribution is -0.122. The highest BCUT2D eigenvalue weighted by molar-refractivity contribution is 5.82. The van der Waals surface area contributed by atoms with E-state index in [-0.39, 0.29) is 11.9 Å². The van der Waals surface area contributed by atoms with E-state index in [4.69, 9.17) is 5.73 Å². The Balaban J connectivity index is 2.15. The Hall–Kier alpha value is -0.570. The van der Waals surface area contributed by atoms with Gasteiger partial charge in [0.1, 0.15) is 0 Å². The van der Waals surface area contributed by atoms with Gasteiger partial charge in [0.2, 0.25) is 5.91 Å². The van der Waals surface area contributed by atoms with Crippen molar-refractivity contribution in [3.05, 3.63) is 0 Å². The van der Waals surface area contributed by atoms with E-state index < -0.39 is 0 Å². The Bertz CT molecular complexity index is 194. The van der Waals surface area contributed by atoms with Crippen molar-refractivity contribution in [2.75, 3.05) is 0 Å². The number of nitrogens with one attached hydrogen (secondary N) is 1. The lowest BCUT2D eigenvalue weighted by Crippen LogP contribution is -2.41. The van der Waals surface area contributed by atoms with Crippen LogP contribution in [0.15, 0.2) is 0 Å². The van der Waals surface area contributed by atoms with Crippen LogP contribution in [0.5, 0.6) is 0 Å². The number of carbonyl (C=O) groups is 1. The highest BCUT2D eigenvalue weighted by Gasteiger charge is 2.37. The van der Waals surface area contributed by atoms with Gasteiger partial charge >= 0.3 is 0 Å². The van der Waals surface area contributed by atoms with E-state index in [0.717, 1.165) is 32.1 Å². The number of unbranched alkanes of at least 4 members (excludes halogenated alkanes) is 1. The van der Waals surface area contributed by atoms with Gasteiger partial charge < -0.3 is 11.1 Å². The maximum atomic E-state index is 11.5. The van der Waals surface area contributed by atoms with Gasteiger partial charge in [0.05, 0.1) is 6.04 Å². The monoisotopic (exact) mass is 198 g/mol. The van der Waals surface area contributed by atoms with Gasteiger partial charge in [0, 0.05) is 6.04 Å². The summed E-state index contributed by atoms with van der Waals surface area (Å²) in [7, 11) is 0. The van der Waals surface area contributed by atoms with Crippen LogP contribution in [0, 0.1) is 5.92 Å². The molecule has 0 radical (unpaired) electrons. The van der Waals surface area contributed by atoms with E-state index >= 15 is 0 Å². The zero-order chi connectivity index (χ0) is 10.6. The molecule has 3 nitrogen and oxygen atoms in total. The summed E-state index contributed by atoms with van der Waals surface area (Å²) < 4.78 is 0. The third-order valence-corrected chi connectivity index (χ3v) is 2.98. The molecule has 0 aromatic carbocycles. The molecule has 1 aliphatic carbocycles. The summed E-state index contributed by atoms with van der Waals surface area (Å²) in [6.07, 6.45) is 5.25. The summed E-state index contributed by atoms with van der Waals surface area (Å²) in [6, 6.07) is 0.119. The minimum atomic E-state index is -0.298. The molecule has 0 heterocycles. The first-order valence-electron chi connectivity index (χ1n) is 5.75. The van der Waals surface area contributed by atoms with Crippen LogP contribution in [0.3, 0.4) is 0 Å². The zero-order valence-electron chi connectivity index (χ0n) is 9.25. The lowest BCUT2D eigenvalue weighted by Gasteiger charge is -2.11. The molecule has 1 saturated carbocycles. The van der Waals surface area contributed by atoms with Gasteiger partial charge in [-0.15, -0.1) is 0 Å². The van der Waals surface area contributed by atoms with Gasteiger partial charge in [-0.3, -0.25) is 4.79 Å². The number of rotatable bonds is 6. The first kappa shape index (κ1) is 11.5. The van der Waals surface area contributed by atoms with Gasteiger partial charge in [-0.1, -0.05) is 33.1 Å². The van der Waals surface area contributed by atoms with Crippen LogP contribution in [-0.2, 0) is 4.79 Å². The Morgan fingerprint density at radius 3 is 2.79 bits per heavy atom. The van der Waals surface area contributed by atoms with Gasteiger partial charge in [-0.25, -0.2) is 0 Å². The molecule has 3 atom stereocenters. The molecule has 0 spiro atoms. The van der Waals surface area contributed by atoms with Crippen molar-refractivity contribution >= 4 is 5.91 Å². The fourth-order valence-electron chi connectivity index (χ4n) is 1.72. The van der Waals surface area contributed by atoms with Crippen molar-refractivity contribution in [2.45, 2.75) is 58.0 Å². The van der Waals surface area contributed by atoms with E-state index in [1.807, 2.05) is 0 Å². The largest absolute Gasteiger partial charge is 0.352 e. The molecule has 0 aliphatic heterocycles. The van der Waals surface area contributed by atoms with Crippen molar-refractivity contribution in [3.8, 4) is 0 Å². The molecule has 1 rings (SSSR count). The lowest BCUT2D eigenvalue weighted by atomic mass is 10.1. The Morgan fingerprint density at radius 1 is 1.57 bits per heavy atom. The number of amides is 1. The maximum absolute atomic E-state index is 11.5. The summed E-state index contributed by atoms with van der Waals surface area (Å²) in [4.78, 5) is 11.5. The van der Waals surface area contributed by atoms with Crippen molar-refractivity contribution in [3.63, 3.8) is 0 Å². The smallest absolute Gasteiger partial charge is 0.237 e. The molecule has 0 bridgehead atoms. The van der Waals surface area contributed by atoms with Crippen LogP contribution < -0.4 is 11.1 Å². The number of hydrogen-bond donors (Lipinski definition) is 2. The molecule has 1 aliphatic rings. The molecule has 0 aromatic heterocycles. The molecule has 14 heavy (non-hydrogen) atoms. The third kappa shape index (κ3) is 3.29. The summed E-state index contributed by atoms with van der Waals surface area (Å²) in [5, 5.41) is 3.00. The Morgan fingerprint density at radius 2 is 2.29 bits per heavy atom. The van der Waals surface area contributed by atoms with E-state index in [9.17, 15) is 4.79 Å². The fourth-order valence-corrected chi connectivity index (χ4v) is 1.72. The second kappa shape index (κ2) is 5.35. The molecule has 3 unspecified atom stereocenters. The molecule has 1 amide bonds. The minimum Gasteiger partial charge on any atom is -0.352 e. The average molecular weight is 198 g/mol. The van der Waals surface area contributed by atoms with E-state index in [1.165, 1.54) is 0 Å². The first-order valence-corrected chi connectivity index (χ1v) is 5.75. The minimum absolute atomic E-state index is 0.0411. The van der Waals surface area contributed by atoms with Crippen molar-refractivity contribution < 1.29 is 4.79 Å². The molecule has 82 valence electrons. The van der Waals surface area contributed by atoms with Crippen LogP contribution >= 0.6 is 0 Å². The van der Waals surface area contributed by atoms with Crippen LogP contribution in [0.2, 0.25) is 0 Å². The SMILES string of the molecule is CCCCC(N)C(=O)NC1CC1CC. The molecule has 0 saturated heterocycles. The van der Waals surface area contributed by atoms with Gasteiger partial charge in [-0.2, -0.15) is 0 Å². The highest BCUT2D eigenvalue weighted by atomic mass is 16.2. The number of hydrogen-bond acceptors (Lipinski definition) is 2. The quantitative estimate of drug-likeness (QED) is 0.678. The second-order valence-corrected chi connectivity index (χ2v) is 4.27. The molecule has 1 fully saturated rings. The van der Waals surface area contributed by atoms with Crippen LogP contribution in [0.4, 0.5) is 0 Å². The maximum Gasteiger partial charge on any atom is 0.237 e. The standard InChI is InChI=1S/C11H22N2O/c1-3-5-6-9(12)11(14)13-10-7-8(10)4-2/h8-10H,3-7,12H2,1-2H3,(H,13,14). The summed E-state index contributed by atoms with van der Waals surface area (Å²) in [5.41, 5.74) is 5.75. The molecule has 0 aromatic rings. The number of nitrogens with two attached hydrogens (primary N) is 1. The Labute approximate surface area is 86.4 Å². The van der Waals surface area contributed by atoms with Gasteiger partial charge in [0.25, 0.3) is 0 Å². The van der Waals surface area contributed by atoms with Crippen LogP contribution in [0.1, 0.15) is 46.0 Å². The predicted octanol–water partition coefficient (Wildman–Crippen LogP) is 1.42. The van der Waals surface area contributed by atoms with Crippen LogP contribution in [-0.4, -0.2) is 18.0 Å². The summed E-state index contributed by atoms with van der Waals surface area (Å²) in [5.74, 6) is 0.747. The average Bonchev–Trinajstić information content (AvgIpc) is 2.92. The second-order valence-electron chi connectivity index (χ2n) is 4.27. The molecule has 3 N–H and O–H groups in total. The van der Waals surface area contributed by atoms with Crippen LogP contribution in [0.25, 0.3) is 0 Å². The molecular weight excluding hydrogens is 176 g/mol. The van der Waals surface area contributed by atoms with Gasteiger partial charge in [0.15, 0.2) is 0 Å². The zero-order valence-corrected chi connectivity index (χ0v) is 9.25. The number of carbonyl (C=O) groups excluding carboxylic acids is 1. The topological polar surface area (TPSA) is 55.1 Å². The van der Waals surface area contributed by atoms with Gasteiger partial charge in [-0.05, 0) is 18.8 Å². The van der Waals surface area contributed by atoms with E-state index in [0.29, 0.717) is 12.0 Å². The fraction of sp³-hybridized carbons (Fsp3) is 0.909. The Kier molecular flexibility index (Phi) is 4.39.